The van der Waals surface area contributed by atoms with Crippen LogP contribution in [0.2, 0.25) is 0 Å². The molecule has 0 saturated heterocycles. The van der Waals surface area contributed by atoms with Crippen LogP contribution in [0.1, 0.15) is 11.3 Å². The van der Waals surface area contributed by atoms with Gasteiger partial charge in [0.15, 0.2) is 5.82 Å². The molecule has 3 N–H and O–H groups in total. The summed E-state index contributed by atoms with van der Waals surface area (Å²) in [5, 5.41) is 0. The van der Waals surface area contributed by atoms with Gasteiger partial charge in [-0.3, -0.25) is 0 Å². The van der Waals surface area contributed by atoms with Crippen LogP contribution >= 0.6 is 0 Å². The van der Waals surface area contributed by atoms with E-state index in [0.717, 1.165) is 11.3 Å². The molecule has 2 aromatic rings. The molecule has 18 heavy (non-hydrogen) atoms. The molecule has 0 aliphatic carbocycles. The third kappa shape index (κ3) is 2.21. The highest BCUT2D eigenvalue weighted by Gasteiger charge is 2.10. The zero-order valence-corrected chi connectivity index (χ0v) is 10.4. The monoisotopic (exact) mass is 246 g/mol. The van der Waals surface area contributed by atoms with Gasteiger partial charge >= 0.3 is 0 Å². The number of ether oxygens (including phenoxy) is 1. The highest BCUT2D eigenvalue weighted by Crippen LogP contribution is 2.21. The lowest BCUT2D eigenvalue weighted by Crippen LogP contribution is -2.12. The van der Waals surface area contributed by atoms with E-state index < -0.39 is 0 Å². The lowest BCUT2D eigenvalue weighted by atomic mass is 10.2. The normalized spacial score (nSPS) is 10.2. The van der Waals surface area contributed by atoms with Gasteiger partial charge in [0.2, 0.25) is 5.88 Å². The van der Waals surface area contributed by atoms with E-state index in [1.165, 1.54) is 6.33 Å². The van der Waals surface area contributed by atoms with Gasteiger partial charge in [-0.15, -0.1) is 0 Å². The van der Waals surface area contributed by atoms with Crippen molar-refractivity contribution >= 4 is 5.82 Å². The first-order chi connectivity index (χ1) is 8.65. The van der Waals surface area contributed by atoms with Gasteiger partial charge in [-0.05, 0) is 13.8 Å². The van der Waals surface area contributed by atoms with E-state index >= 15 is 0 Å². The van der Waals surface area contributed by atoms with Crippen LogP contribution in [0.25, 0.3) is 11.5 Å². The van der Waals surface area contributed by atoms with Gasteiger partial charge in [0.25, 0.3) is 0 Å². The summed E-state index contributed by atoms with van der Waals surface area (Å²) in [5.74, 6) is 6.94. The summed E-state index contributed by atoms with van der Waals surface area (Å²) in [7, 11) is 1.54. The molecule has 0 aromatic carbocycles. The molecule has 0 aliphatic heterocycles. The number of nitrogens with two attached hydrogens (primary N) is 1. The number of aryl methyl sites for hydroxylation is 1. The Balaban J connectivity index is 2.53. The Morgan fingerprint density at radius 3 is 2.67 bits per heavy atom. The summed E-state index contributed by atoms with van der Waals surface area (Å²) in [6.07, 6.45) is 1.41. The second-order valence-corrected chi connectivity index (χ2v) is 3.70. The summed E-state index contributed by atoms with van der Waals surface area (Å²) in [6.45, 7) is 3.79. The van der Waals surface area contributed by atoms with Crippen LogP contribution in [0.15, 0.2) is 12.4 Å². The van der Waals surface area contributed by atoms with Crippen LogP contribution in [0.5, 0.6) is 5.88 Å². The Bertz CT molecular complexity index is 571. The number of rotatable bonds is 3. The minimum absolute atomic E-state index is 0.462. The van der Waals surface area contributed by atoms with Crippen LogP contribution in [-0.2, 0) is 0 Å². The number of methoxy groups -OCH3 is 1. The molecule has 2 aromatic heterocycles. The Labute approximate surface area is 104 Å². The number of hydrogen-bond acceptors (Lipinski definition) is 7. The van der Waals surface area contributed by atoms with Crippen molar-refractivity contribution in [2.24, 2.45) is 5.84 Å². The Kier molecular flexibility index (Phi) is 3.33. The zero-order chi connectivity index (χ0) is 13.1. The second-order valence-electron chi connectivity index (χ2n) is 3.70. The van der Waals surface area contributed by atoms with E-state index in [0.29, 0.717) is 23.2 Å². The van der Waals surface area contributed by atoms with E-state index in [9.17, 15) is 0 Å². The minimum atomic E-state index is 0.462. The number of nitrogen functional groups attached to an aromatic ring is 1. The fourth-order valence-corrected chi connectivity index (χ4v) is 1.46. The SMILES string of the molecule is COc1cc(-c2nc(C)c(C)c(NN)n2)ncn1. The van der Waals surface area contributed by atoms with Crippen molar-refractivity contribution in [1.29, 1.82) is 0 Å². The molecule has 2 rings (SSSR count). The molecule has 0 spiro atoms. The number of anilines is 1. The van der Waals surface area contributed by atoms with Gasteiger partial charge < -0.3 is 10.2 Å². The van der Waals surface area contributed by atoms with Gasteiger partial charge in [-0.1, -0.05) is 0 Å². The summed E-state index contributed by atoms with van der Waals surface area (Å²) in [5.41, 5.74) is 4.88. The van der Waals surface area contributed by atoms with Crippen molar-refractivity contribution in [3.8, 4) is 17.4 Å². The lowest BCUT2D eigenvalue weighted by Gasteiger charge is -2.09. The third-order valence-corrected chi connectivity index (χ3v) is 2.61. The fourth-order valence-electron chi connectivity index (χ4n) is 1.46. The van der Waals surface area contributed by atoms with Gasteiger partial charge in [0, 0.05) is 17.3 Å². The first kappa shape index (κ1) is 12.2. The Morgan fingerprint density at radius 1 is 1.22 bits per heavy atom. The quantitative estimate of drug-likeness (QED) is 0.611. The molecular formula is C11H14N6O. The number of hydrazine groups is 1. The molecule has 7 nitrogen and oxygen atoms in total. The second kappa shape index (κ2) is 4.92. The molecule has 94 valence electrons. The molecule has 0 fully saturated rings. The van der Waals surface area contributed by atoms with E-state index in [1.807, 2.05) is 13.8 Å². The van der Waals surface area contributed by atoms with Crippen molar-refractivity contribution in [1.82, 2.24) is 19.9 Å². The molecule has 0 saturated carbocycles. The van der Waals surface area contributed by atoms with Gasteiger partial charge in [-0.25, -0.2) is 25.8 Å². The van der Waals surface area contributed by atoms with E-state index in [2.05, 4.69) is 25.4 Å². The average Bonchev–Trinajstić information content (AvgIpc) is 2.41. The van der Waals surface area contributed by atoms with Crippen LogP contribution in [-0.4, -0.2) is 27.0 Å². The highest BCUT2D eigenvalue weighted by atomic mass is 16.5. The van der Waals surface area contributed by atoms with Crippen molar-refractivity contribution in [3.05, 3.63) is 23.7 Å². The number of nitrogens with one attached hydrogen (secondary N) is 1. The molecule has 0 unspecified atom stereocenters. The fraction of sp³-hybridized carbons (Fsp3) is 0.273. The zero-order valence-electron chi connectivity index (χ0n) is 10.4. The minimum Gasteiger partial charge on any atom is -0.481 e. The van der Waals surface area contributed by atoms with Gasteiger partial charge in [-0.2, -0.15) is 0 Å². The average molecular weight is 246 g/mol. The predicted octanol–water partition coefficient (Wildman–Crippen LogP) is 0.845. The number of nitrogens with zero attached hydrogens (tertiary/aromatic N) is 4. The van der Waals surface area contributed by atoms with E-state index in [-0.39, 0.29) is 0 Å². The summed E-state index contributed by atoms with van der Waals surface area (Å²) >= 11 is 0. The molecule has 2 heterocycles. The maximum Gasteiger partial charge on any atom is 0.216 e. The van der Waals surface area contributed by atoms with Crippen LogP contribution in [0, 0.1) is 13.8 Å². The Morgan fingerprint density at radius 2 is 2.00 bits per heavy atom. The molecule has 0 aliphatic rings. The third-order valence-electron chi connectivity index (χ3n) is 2.61. The van der Waals surface area contributed by atoms with Crippen molar-refractivity contribution in [2.45, 2.75) is 13.8 Å². The molecule has 0 radical (unpaired) electrons. The van der Waals surface area contributed by atoms with Crippen molar-refractivity contribution < 1.29 is 4.74 Å². The van der Waals surface area contributed by atoms with Crippen LogP contribution in [0.3, 0.4) is 0 Å². The molecule has 0 bridgehead atoms. The van der Waals surface area contributed by atoms with Gasteiger partial charge in [0.1, 0.15) is 17.8 Å². The first-order valence-electron chi connectivity index (χ1n) is 5.34. The van der Waals surface area contributed by atoms with Crippen molar-refractivity contribution in [3.63, 3.8) is 0 Å². The van der Waals surface area contributed by atoms with Gasteiger partial charge in [0.05, 0.1) is 7.11 Å². The maximum atomic E-state index is 5.42. The summed E-state index contributed by atoms with van der Waals surface area (Å²) in [6, 6.07) is 1.67. The lowest BCUT2D eigenvalue weighted by molar-refractivity contribution is 0.397. The summed E-state index contributed by atoms with van der Waals surface area (Å²) < 4.78 is 5.04. The molecule has 0 atom stereocenters. The number of hydrogen-bond donors (Lipinski definition) is 2. The first-order valence-corrected chi connectivity index (χ1v) is 5.34. The molecule has 0 amide bonds. The van der Waals surface area contributed by atoms with E-state index in [1.54, 1.807) is 13.2 Å². The standard InChI is InChI=1S/C11H14N6O/c1-6-7(2)15-11(16-10(6)17-12)8-4-9(18-3)14-5-13-8/h4-5H,12H2,1-3H3,(H,15,16,17). The highest BCUT2D eigenvalue weighted by molar-refractivity contribution is 5.56. The van der Waals surface area contributed by atoms with Crippen LogP contribution < -0.4 is 16.0 Å². The molecular weight excluding hydrogens is 232 g/mol. The summed E-state index contributed by atoms with van der Waals surface area (Å²) in [4.78, 5) is 16.7. The maximum absolute atomic E-state index is 5.42. The van der Waals surface area contributed by atoms with Crippen LogP contribution in [0.4, 0.5) is 5.82 Å². The van der Waals surface area contributed by atoms with E-state index in [4.69, 9.17) is 10.6 Å². The smallest absolute Gasteiger partial charge is 0.216 e. The molecule has 7 heteroatoms. The topological polar surface area (TPSA) is 98.8 Å². The largest absolute Gasteiger partial charge is 0.481 e. The number of aromatic nitrogens is 4. The Hall–Kier alpha value is -2.28. The van der Waals surface area contributed by atoms with Crippen molar-refractivity contribution in [2.75, 3.05) is 12.5 Å². The predicted molar refractivity (Wildman–Crippen MR) is 66.9 cm³/mol.